The van der Waals surface area contributed by atoms with Crippen LogP contribution in [0.5, 0.6) is 0 Å². The maximum Gasteiger partial charge on any atom is 0.156 e. The first-order valence-electron chi connectivity index (χ1n) is 6.34. The number of hydrogen-bond acceptors (Lipinski definition) is 3. The maximum absolute atomic E-state index is 5.87. The van der Waals surface area contributed by atoms with Crippen molar-refractivity contribution in [1.29, 1.82) is 0 Å². The molecule has 0 unspecified atom stereocenters. The lowest BCUT2D eigenvalue weighted by atomic mass is 9.90. The first kappa shape index (κ1) is 12.6. The fraction of sp³-hybridized carbons (Fsp3) is 0.125. The highest BCUT2D eigenvalue weighted by molar-refractivity contribution is 5.38. The number of nitrogens with zero attached hydrogens (tertiary/aromatic N) is 3. The van der Waals surface area contributed by atoms with Gasteiger partial charge < -0.3 is 9.72 Å². The molecule has 0 aromatic carbocycles. The van der Waals surface area contributed by atoms with Gasteiger partial charge in [-0.15, -0.1) is 5.69 Å². The summed E-state index contributed by atoms with van der Waals surface area (Å²) in [5.41, 5.74) is 1.42. The van der Waals surface area contributed by atoms with Crippen molar-refractivity contribution in [2.24, 2.45) is 0 Å². The third-order valence-corrected chi connectivity index (χ3v) is 3.27. The van der Waals surface area contributed by atoms with Gasteiger partial charge in [0.25, 0.3) is 0 Å². The second-order valence-corrected chi connectivity index (χ2v) is 4.34. The minimum absolute atomic E-state index is 0.764. The molecule has 0 aliphatic carbocycles. The normalized spacial score (nSPS) is 11.4. The van der Waals surface area contributed by atoms with Gasteiger partial charge >= 0.3 is 0 Å². The third kappa shape index (κ3) is 1.90. The van der Waals surface area contributed by atoms with Crippen molar-refractivity contribution < 1.29 is 4.74 Å². The molecule has 0 aliphatic rings. The van der Waals surface area contributed by atoms with E-state index < -0.39 is 5.60 Å². The van der Waals surface area contributed by atoms with Gasteiger partial charge in [0, 0.05) is 19.5 Å². The summed E-state index contributed by atoms with van der Waals surface area (Å²) in [4.78, 5) is 13.3. The summed E-state index contributed by atoms with van der Waals surface area (Å²) in [7, 11) is 1.65. The van der Waals surface area contributed by atoms with Crippen LogP contribution in [-0.4, -0.2) is 17.1 Å². The summed E-state index contributed by atoms with van der Waals surface area (Å²) in [6.07, 6.45) is 5.24. The van der Waals surface area contributed by atoms with Crippen LogP contribution in [0.15, 0.2) is 67.1 Å². The van der Waals surface area contributed by atoms with Crippen molar-refractivity contribution >= 4 is 0 Å². The van der Waals surface area contributed by atoms with Crippen LogP contribution < -0.4 is 4.98 Å². The highest BCUT2D eigenvalue weighted by Crippen LogP contribution is 2.36. The van der Waals surface area contributed by atoms with Crippen molar-refractivity contribution in [2.75, 3.05) is 7.11 Å². The molecule has 0 aliphatic heterocycles. The van der Waals surface area contributed by atoms with Gasteiger partial charge in [0.1, 0.15) is 0 Å². The molecule has 0 bridgehead atoms. The molecular weight excluding hydrogens is 250 g/mol. The van der Waals surface area contributed by atoms with E-state index in [2.05, 4.69) is 15.0 Å². The molecule has 3 rings (SSSR count). The summed E-state index contributed by atoms with van der Waals surface area (Å²) in [6, 6.07) is 15.3. The van der Waals surface area contributed by atoms with Crippen molar-refractivity contribution in [3.05, 3.63) is 84.2 Å². The SMILES string of the molecule is COC(c1ccccn1)(c1ccccn1)c1ccc[n-]1. The largest absolute Gasteiger partial charge is 0.665 e. The van der Waals surface area contributed by atoms with E-state index in [4.69, 9.17) is 4.74 Å². The number of rotatable bonds is 4. The van der Waals surface area contributed by atoms with Gasteiger partial charge in [-0.1, -0.05) is 24.3 Å². The Labute approximate surface area is 117 Å². The Balaban J connectivity index is 2.27. The lowest BCUT2D eigenvalue weighted by molar-refractivity contribution is 0.0475. The Morgan fingerprint density at radius 1 is 0.900 bits per heavy atom. The highest BCUT2D eigenvalue weighted by Gasteiger charge is 2.36. The first-order valence-corrected chi connectivity index (χ1v) is 6.34. The van der Waals surface area contributed by atoms with Crippen LogP contribution in [0.3, 0.4) is 0 Å². The van der Waals surface area contributed by atoms with Crippen molar-refractivity contribution in [3.8, 4) is 0 Å². The lowest BCUT2D eigenvalue weighted by Crippen LogP contribution is -2.34. The fourth-order valence-corrected chi connectivity index (χ4v) is 2.36. The van der Waals surface area contributed by atoms with Crippen molar-refractivity contribution in [1.82, 2.24) is 15.0 Å². The van der Waals surface area contributed by atoms with Crippen LogP contribution >= 0.6 is 0 Å². The molecule has 4 nitrogen and oxygen atoms in total. The molecule has 3 aromatic heterocycles. The number of pyridine rings is 2. The minimum atomic E-state index is -0.883. The molecule has 0 amide bonds. The van der Waals surface area contributed by atoms with Gasteiger partial charge in [-0.05, 0) is 24.3 Å². The van der Waals surface area contributed by atoms with Gasteiger partial charge in [-0.2, -0.15) is 6.20 Å². The quantitative estimate of drug-likeness (QED) is 0.726. The third-order valence-electron chi connectivity index (χ3n) is 3.27. The molecule has 20 heavy (non-hydrogen) atoms. The summed E-state index contributed by atoms with van der Waals surface area (Å²) in [5.74, 6) is 0. The molecule has 0 fully saturated rings. The molecule has 0 saturated carbocycles. The number of methoxy groups -OCH3 is 1. The van der Waals surface area contributed by atoms with Gasteiger partial charge in [0.2, 0.25) is 0 Å². The zero-order valence-corrected chi connectivity index (χ0v) is 11.1. The van der Waals surface area contributed by atoms with Crippen molar-refractivity contribution in [2.45, 2.75) is 5.60 Å². The Bertz CT molecular complexity index is 611. The van der Waals surface area contributed by atoms with E-state index in [1.54, 1.807) is 25.7 Å². The van der Waals surface area contributed by atoms with Crippen LogP contribution in [0.4, 0.5) is 0 Å². The molecular formula is C16H14N3O-. The van der Waals surface area contributed by atoms with E-state index >= 15 is 0 Å². The van der Waals surface area contributed by atoms with Gasteiger partial charge in [0.15, 0.2) is 5.60 Å². The zero-order chi connectivity index (χ0) is 13.8. The molecule has 0 saturated heterocycles. The Morgan fingerprint density at radius 2 is 1.55 bits per heavy atom. The van der Waals surface area contributed by atoms with E-state index in [9.17, 15) is 0 Å². The average molecular weight is 264 g/mol. The first-order chi connectivity index (χ1) is 9.88. The predicted molar refractivity (Wildman–Crippen MR) is 75.1 cm³/mol. The number of hydrogen-bond donors (Lipinski definition) is 0. The Morgan fingerprint density at radius 3 is 1.95 bits per heavy atom. The van der Waals surface area contributed by atoms with Crippen LogP contribution in [0.1, 0.15) is 17.1 Å². The van der Waals surface area contributed by atoms with Crippen LogP contribution in [0, 0.1) is 0 Å². The maximum atomic E-state index is 5.87. The van der Waals surface area contributed by atoms with Gasteiger partial charge in [-0.25, -0.2) is 0 Å². The van der Waals surface area contributed by atoms with Crippen molar-refractivity contribution in [3.63, 3.8) is 0 Å². The fourth-order valence-electron chi connectivity index (χ4n) is 2.36. The molecule has 4 heteroatoms. The van der Waals surface area contributed by atoms with E-state index in [1.807, 2.05) is 48.5 Å². The smallest absolute Gasteiger partial charge is 0.156 e. The number of ether oxygens (including phenoxy) is 1. The monoisotopic (exact) mass is 264 g/mol. The van der Waals surface area contributed by atoms with Crippen LogP contribution in [0.2, 0.25) is 0 Å². The average Bonchev–Trinajstić information content (AvgIpc) is 3.06. The molecule has 3 aromatic rings. The topological polar surface area (TPSA) is 49.1 Å². The molecule has 0 atom stereocenters. The highest BCUT2D eigenvalue weighted by atomic mass is 16.5. The molecule has 0 N–H and O–H groups in total. The Hall–Kier alpha value is -2.46. The van der Waals surface area contributed by atoms with Crippen LogP contribution in [-0.2, 0) is 10.3 Å². The lowest BCUT2D eigenvalue weighted by Gasteiger charge is -2.35. The summed E-state index contributed by atoms with van der Waals surface area (Å²) in [5, 5.41) is 0. The van der Waals surface area contributed by atoms with Crippen LogP contribution in [0.25, 0.3) is 0 Å². The Kier molecular flexibility index (Phi) is 3.31. The standard InChI is InChI=1S/C16H14N3O/c1-20-16(15-9-6-12-19-15,13-7-2-4-10-17-13)14-8-3-5-11-18-14/h2-12H,1H3/q-1. The number of aromatic nitrogens is 3. The van der Waals surface area contributed by atoms with E-state index in [-0.39, 0.29) is 0 Å². The van der Waals surface area contributed by atoms with E-state index in [0.717, 1.165) is 17.1 Å². The molecule has 3 heterocycles. The second kappa shape index (κ2) is 5.27. The predicted octanol–water partition coefficient (Wildman–Crippen LogP) is 2.37. The molecule has 0 radical (unpaired) electrons. The van der Waals surface area contributed by atoms with E-state index in [1.165, 1.54) is 0 Å². The zero-order valence-electron chi connectivity index (χ0n) is 11.1. The molecule has 100 valence electrons. The summed E-state index contributed by atoms with van der Waals surface area (Å²) < 4.78 is 5.87. The molecule has 0 spiro atoms. The minimum Gasteiger partial charge on any atom is -0.665 e. The van der Waals surface area contributed by atoms with E-state index in [0.29, 0.717) is 0 Å². The van der Waals surface area contributed by atoms with Gasteiger partial charge in [0.05, 0.1) is 11.4 Å². The summed E-state index contributed by atoms with van der Waals surface area (Å²) in [6.45, 7) is 0. The summed E-state index contributed by atoms with van der Waals surface area (Å²) >= 11 is 0. The second-order valence-electron chi connectivity index (χ2n) is 4.34. The van der Waals surface area contributed by atoms with Gasteiger partial charge in [-0.3, -0.25) is 9.97 Å².